The zero-order chi connectivity index (χ0) is 27.6. The molecule has 0 radical (unpaired) electrons. The molecular weight excluding hydrogens is 510 g/mol. The molecule has 0 aromatic heterocycles. The van der Waals surface area contributed by atoms with Gasteiger partial charge in [-0.2, -0.15) is 0 Å². The topological polar surface area (TPSA) is 278 Å². The zero-order valence-electron chi connectivity index (χ0n) is 19.7. The summed E-state index contributed by atoms with van der Waals surface area (Å²) >= 11 is 0. The number of carbonyl (C=O) groups excluding carboxylic acids is 1. The fraction of sp³-hybridized carbons (Fsp3) is 0.950. The summed E-state index contributed by atoms with van der Waals surface area (Å²) in [5.41, 5.74) is 0. The van der Waals surface area contributed by atoms with Gasteiger partial charge >= 0.3 is 0 Å². The Labute approximate surface area is 210 Å². The van der Waals surface area contributed by atoms with Gasteiger partial charge in [-0.15, -0.1) is 0 Å². The number of rotatable bonds is 8. The van der Waals surface area contributed by atoms with Crippen molar-refractivity contribution in [1.82, 2.24) is 5.32 Å². The average molecular weight is 545 g/mol. The molecule has 0 aliphatic carbocycles. The molecule has 3 rings (SSSR count). The highest BCUT2D eigenvalue weighted by atomic mass is 16.7. The molecule has 3 fully saturated rings. The van der Waals surface area contributed by atoms with E-state index in [2.05, 4.69) is 5.32 Å². The maximum atomic E-state index is 11.8. The average Bonchev–Trinajstić information content (AvgIpc) is 2.86. The molecule has 3 heterocycles. The zero-order valence-corrected chi connectivity index (χ0v) is 19.7. The normalized spacial score (nSPS) is 49.0. The predicted octanol–water partition coefficient (Wildman–Crippen LogP) is -7.43. The smallest absolute Gasteiger partial charge is 0.217 e. The van der Waals surface area contributed by atoms with Gasteiger partial charge in [0, 0.05) is 6.92 Å². The molecule has 216 valence electrons. The van der Waals surface area contributed by atoms with Crippen molar-refractivity contribution in [3.63, 3.8) is 0 Å². The van der Waals surface area contributed by atoms with Gasteiger partial charge in [0.25, 0.3) is 0 Å². The summed E-state index contributed by atoms with van der Waals surface area (Å²) in [6.45, 7) is -0.959. The van der Waals surface area contributed by atoms with E-state index in [4.69, 9.17) is 23.7 Å². The molecule has 0 aromatic carbocycles. The van der Waals surface area contributed by atoms with Crippen LogP contribution in [0.2, 0.25) is 0 Å². The minimum absolute atomic E-state index is 0.564. The molecular formula is C20H35NO16. The number of aliphatic hydroxyl groups is 10. The predicted molar refractivity (Wildman–Crippen MR) is 113 cm³/mol. The van der Waals surface area contributed by atoms with Crippen LogP contribution in [0.15, 0.2) is 0 Å². The fourth-order valence-electron chi connectivity index (χ4n) is 4.36. The van der Waals surface area contributed by atoms with Crippen LogP contribution in [0.25, 0.3) is 0 Å². The second kappa shape index (κ2) is 12.8. The van der Waals surface area contributed by atoms with E-state index in [1.807, 2.05) is 0 Å². The van der Waals surface area contributed by atoms with Crippen molar-refractivity contribution in [2.75, 3.05) is 19.8 Å². The van der Waals surface area contributed by atoms with Crippen molar-refractivity contribution in [1.29, 1.82) is 0 Å². The second-order valence-corrected chi connectivity index (χ2v) is 9.11. The van der Waals surface area contributed by atoms with Crippen molar-refractivity contribution in [2.24, 2.45) is 0 Å². The Kier molecular flexibility index (Phi) is 10.5. The van der Waals surface area contributed by atoms with Gasteiger partial charge in [-0.1, -0.05) is 0 Å². The van der Waals surface area contributed by atoms with Crippen molar-refractivity contribution in [3.8, 4) is 0 Å². The highest BCUT2D eigenvalue weighted by Crippen LogP contribution is 2.30. The van der Waals surface area contributed by atoms with Crippen LogP contribution < -0.4 is 5.32 Å². The Morgan fingerprint density at radius 1 is 0.703 bits per heavy atom. The van der Waals surface area contributed by atoms with E-state index in [0.29, 0.717) is 0 Å². The highest BCUT2D eigenvalue weighted by molar-refractivity contribution is 5.73. The standard InChI is InChI=1S/C20H35NO16/c1-5(24)21-9-12(27)17(37-20-16(31)14(29)10(25)6(2-22)35-20)7(3-23)36-19(9)33-4-8-11(26)13(28)15(30)18(32)34-8/h6-20,22-23,25-32H,2-4H2,1H3,(H,21,24)/t6-,7-,8+,9-,10+,11-,12+,13-,14+,15-,16+,17+,18+,19-,20+/m0/s1. The number of ether oxygens (including phenoxy) is 5. The van der Waals surface area contributed by atoms with Crippen LogP contribution in [0.5, 0.6) is 0 Å². The number of hydrogen-bond acceptors (Lipinski definition) is 16. The first kappa shape index (κ1) is 30.4. The van der Waals surface area contributed by atoms with Crippen LogP contribution in [0.3, 0.4) is 0 Å². The molecule has 1 amide bonds. The van der Waals surface area contributed by atoms with Crippen LogP contribution in [0.4, 0.5) is 0 Å². The Hall–Kier alpha value is -1.13. The lowest BCUT2D eigenvalue weighted by Gasteiger charge is -2.47. The first-order valence-electron chi connectivity index (χ1n) is 11.6. The van der Waals surface area contributed by atoms with Gasteiger partial charge in [-0.3, -0.25) is 4.79 Å². The summed E-state index contributed by atoms with van der Waals surface area (Å²) < 4.78 is 27.0. The minimum atomic E-state index is -1.84. The second-order valence-electron chi connectivity index (χ2n) is 9.11. The summed E-state index contributed by atoms with van der Waals surface area (Å²) in [6.07, 6.45) is -22.7. The number of aliphatic hydroxyl groups excluding tert-OH is 10. The van der Waals surface area contributed by atoms with E-state index in [1.165, 1.54) is 0 Å². The van der Waals surface area contributed by atoms with Gasteiger partial charge in [0.05, 0.1) is 19.8 Å². The van der Waals surface area contributed by atoms with Crippen molar-refractivity contribution >= 4 is 5.91 Å². The first-order chi connectivity index (χ1) is 17.4. The van der Waals surface area contributed by atoms with E-state index in [9.17, 15) is 55.9 Å². The van der Waals surface area contributed by atoms with E-state index in [0.717, 1.165) is 6.92 Å². The minimum Gasteiger partial charge on any atom is -0.394 e. The fourth-order valence-corrected chi connectivity index (χ4v) is 4.36. The molecule has 0 bridgehead atoms. The maximum Gasteiger partial charge on any atom is 0.217 e. The third-order valence-electron chi connectivity index (χ3n) is 6.47. The van der Waals surface area contributed by atoms with Gasteiger partial charge < -0.3 is 80.1 Å². The number of carbonyl (C=O) groups is 1. The SMILES string of the molecule is CC(=O)N[C@@H]1[C@@H](OC[C@H]2O[C@@H](O)[C@@H](O)[C@@H](O)[C@H]2O)O[C@@H](CO)[C@@H](O[C@H]2O[C@@H](CO)[C@@H](O)[C@@H](O)[C@H]2O)[C@@H]1O. The lowest BCUT2D eigenvalue weighted by Crippen LogP contribution is -2.68. The lowest BCUT2D eigenvalue weighted by atomic mass is 9.95. The summed E-state index contributed by atoms with van der Waals surface area (Å²) in [5, 5.41) is 102. The van der Waals surface area contributed by atoms with E-state index in [-0.39, 0.29) is 0 Å². The third kappa shape index (κ3) is 6.55. The molecule has 0 spiro atoms. The summed E-state index contributed by atoms with van der Waals surface area (Å²) in [6, 6.07) is -1.38. The van der Waals surface area contributed by atoms with Crippen LogP contribution in [-0.4, -0.2) is 169 Å². The van der Waals surface area contributed by atoms with Gasteiger partial charge in [0.1, 0.15) is 73.2 Å². The molecule has 0 unspecified atom stereocenters. The van der Waals surface area contributed by atoms with Crippen LogP contribution >= 0.6 is 0 Å². The Morgan fingerprint density at radius 3 is 1.86 bits per heavy atom. The Morgan fingerprint density at radius 2 is 1.27 bits per heavy atom. The van der Waals surface area contributed by atoms with Crippen molar-refractivity contribution in [2.45, 2.75) is 99.0 Å². The lowest BCUT2D eigenvalue weighted by molar-refractivity contribution is -0.352. The molecule has 15 atom stereocenters. The summed E-state index contributed by atoms with van der Waals surface area (Å²) in [5.74, 6) is -0.641. The molecule has 17 nitrogen and oxygen atoms in total. The Bertz CT molecular complexity index is 745. The number of amides is 1. The summed E-state index contributed by atoms with van der Waals surface area (Å²) in [4.78, 5) is 11.8. The van der Waals surface area contributed by atoms with E-state index in [1.54, 1.807) is 0 Å². The largest absolute Gasteiger partial charge is 0.394 e. The van der Waals surface area contributed by atoms with E-state index >= 15 is 0 Å². The van der Waals surface area contributed by atoms with Gasteiger partial charge in [-0.05, 0) is 0 Å². The molecule has 3 aliphatic rings. The first-order valence-corrected chi connectivity index (χ1v) is 11.6. The molecule has 3 saturated heterocycles. The molecule has 17 heteroatoms. The van der Waals surface area contributed by atoms with Gasteiger partial charge in [-0.25, -0.2) is 0 Å². The quantitative estimate of drug-likeness (QED) is 0.135. The number of hydrogen-bond donors (Lipinski definition) is 11. The summed E-state index contributed by atoms with van der Waals surface area (Å²) in [7, 11) is 0. The van der Waals surface area contributed by atoms with Crippen molar-refractivity contribution in [3.05, 3.63) is 0 Å². The molecule has 3 aliphatic heterocycles. The monoisotopic (exact) mass is 545 g/mol. The maximum absolute atomic E-state index is 11.8. The van der Waals surface area contributed by atoms with Crippen molar-refractivity contribution < 1.29 is 79.5 Å². The molecule has 11 N–H and O–H groups in total. The third-order valence-corrected chi connectivity index (χ3v) is 6.47. The molecule has 37 heavy (non-hydrogen) atoms. The molecule has 0 aromatic rings. The highest BCUT2D eigenvalue weighted by Gasteiger charge is 2.52. The Balaban J connectivity index is 1.74. The van der Waals surface area contributed by atoms with Crippen LogP contribution in [-0.2, 0) is 28.5 Å². The van der Waals surface area contributed by atoms with E-state index < -0.39 is 118 Å². The number of nitrogens with one attached hydrogen (secondary N) is 1. The van der Waals surface area contributed by atoms with Crippen LogP contribution in [0, 0.1) is 0 Å². The van der Waals surface area contributed by atoms with Gasteiger partial charge in [0.2, 0.25) is 5.91 Å². The van der Waals surface area contributed by atoms with Gasteiger partial charge in [0.15, 0.2) is 18.9 Å². The molecule has 0 saturated carbocycles. The van der Waals surface area contributed by atoms with Crippen LogP contribution in [0.1, 0.15) is 6.92 Å².